The maximum absolute atomic E-state index is 5.74. The van der Waals surface area contributed by atoms with Crippen LogP contribution in [0.3, 0.4) is 0 Å². The first-order chi connectivity index (χ1) is 11.3. The summed E-state index contributed by atoms with van der Waals surface area (Å²) in [4.78, 5) is 4.84. The standard InChI is InChI=1S/C15H10BrN5OS/c16-11-3-5-12(6-4-11)22-9-13-20-21-14(18-19-15(21)23-13)10-2-1-7-17-8-10/h1-8H,9H2. The molecule has 0 aliphatic rings. The van der Waals surface area contributed by atoms with Crippen molar-refractivity contribution in [1.29, 1.82) is 0 Å². The highest BCUT2D eigenvalue weighted by atomic mass is 79.9. The normalized spacial score (nSPS) is 11.0. The van der Waals surface area contributed by atoms with Crippen LogP contribution in [0.25, 0.3) is 16.3 Å². The quantitative estimate of drug-likeness (QED) is 0.535. The number of benzene rings is 1. The summed E-state index contributed by atoms with van der Waals surface area (Å²) in [6.07, 6.45) is 3.47. The molecule has 4 rings (SSSR count). The Morgan fingerprint density at radius 3 is 2.78 bits per heavy atom. The SMILES string of the molecule is Brc1ccc(OCc2nn3c(-c4cccnc4)nnc3s2)cc1. The van der Waals surface area contributed by atoms with Crippen molar-refractivity contribution in [2.24, 2.45) is 0 Å². The first-order valence-electron chi connectivity index (χ1n) is 6.79. The molecule has 0 saturated heterocycles. The summed E-state index contributed by atoms with van der Waals surface area (Å²) in [5.74, 6) is 1.48. The van der Waals surface area contributed by atoms with Crippen LogP contribution in [0, 0.1) is 0 Å². The third-order valence-electron chi connectivity index (χ3n) is 3.13. The fourth-order valence-corrected chi connectivity index (χ4v) is 3.08. The molecular weight excluding hydrogens is 378 g/mol. The number of pyridine rings is 1. The first kappa shape index (κ1) is 14.3. The first-order valence-corrected chi connectivity index (χ1v) is 8.40. The zero-order valence-electron chi connectivity index (χ0n) is 11.8. The van der Waals surface area contributed by atoms with Crippen molar-refractivity contribution >= 4 is 32.2 Å². The van der Waals surface area contributed by atoms with Gasteiger partial charge in [0, 0.05) is 22.4 Å². The highest BCUT2D eigenvalue weighted by Crippen LogP contribution is 2.22. The molecule has 0 saturated carbocycles. The van der Waals surface area contributed by atoms with E-state index in [0.29, 0.717) is 12.4 Å². The maximum Gasteiger partial charge on any atom is 0.235 e. The Balaban J connectivity index is 1.57. The minimum atomic E-state index is 0.391. The number of aromatic nitrogens is 5. The van der Waals surface area contributed by atoms with Gasteiger partial charge in [0.1, 0.15) is 12.4 Å². The largest absolute Gasteiger partial charge is 0.486 e. The Bertz CT molecular complexity index is 936. The van der Waals surface area contributed by atoms with Gasteiger partial charge in [-0.1, -0.05) is 27.3 Å². The molecule has 114 valence electrons. The van der Waals surface area contributed by atoms with E-state index < -0.39 is 0 Å². The molecule has 4 aromatic rings. The van der Waals surface area contributed by atoms with Crippen LogP contribution < -0.4 is 4.74 Å². The van der Waals surface area contributed by atoms with Crippen molar-refractivity contribution in [3.63, 3.8) is 0 Å². The molecule has 8 heteroatoms. The summed E-state index contributed by atoms with van der Waals surface area (Å²) in [6, 6.07) is 11.5. The maximum atomic E-state index is 5.74. The van der Waals surface area contributed by atoms with Crippen LogP contribution in [0.4, 0.5) is 0 Å². The minimum absolute atomic E-state index is 0.391. The third-order valence-corrected chi connectivity index (χ3v) is 4.53. The molecule has 3 heterocycles. The van der Waals surface area contributed by atoms with Gasteiger partial charge in [-0.15, -0.1) is 10.2 Å². The van der Waals surface area contributed by atoms with Crippen LogP contribution in [-0.2, 0) is 6.61 Å². The lowest BCUT2D eigenvalue weighted by atomic mass is 10.3. The Morgan fingerprint density at radius 1 is 1.13 bits per heavy atom. The van der Waals surface area contributed by atoms with Crippen LogP contribution >= 0.6 is 27.3 Å². The Hall–Kier alpha value is -2.32. The van der Waals surface area contributed by atoms with Crippen molar-refractivity contribution < 1.29 is 4.74 Å². The second kappa shape index (κ2) is 6.05. The van der Waals surface area contributed by atoms with Gasteiger partial charge in [-0.2, -0.15) is 9.61 Å². The van der Waals surface area contributed by atoms with Crippen molar-refractivity contribution in [3.05, 3.63) is 58.3 Å². The van der Waals surface area contributed by atoms with Crippen LogP contribution in [0.2, 0.25) is 0 Å². The van der Waals surface area contributed by atoms with Crippen molar-refractivity contribution in [3.8, 4) is 17.1 Å². The van der Waals surface area contributed by atoms with E-state index in [-0.39, 0.29) is 0 Å². The minimum Gasteiger partial charge on any atom is -0.486 e. The van der Waals surface area contributed by atoms with Crippen molar-refractivity contribution in [1.82, 2.24) is 24.8 Å². The number of nitrogens with zero attached hydrogens (tertiary/aromatic N) is 5. The predicted molar refractivity (Wildman–Crippen MR) is 90.4 cm³/mol. The van der Waals surface area contributed by atoms with Crippen molar-refractivity contribution in [2.75, 3.05) is 0 Å². The summed E-state index contributed by atoms with van der Waals surface area (Å²) >= 11 is 4.86. The van der Waals surface area contributed by atoms with Gasteiger partial charge >= 0.3 is 0 Å². The summed E-state index contributed by atoms with van der Waals surface area (Å²) in [5.41, 5.74) is 0.880. The molecule has 0 aliphatic heterocycles. The Morgan fingerprint density at radius 2 is 2.00 bits per heavy atom. The van der Waals surface area contributed by atoms with Gasteiger partial charge in [-0.25, -0.2) is 0 Å². The monoisotopic (exact) mass is 387 g/mol. The summed E-state index contributed by atoms with van der Waals surface area (Å²) in [7, 11) is 0. The molecular formula is C15H10BrN5OS. The molecule has 0 N–H and O–H groups in total. The topological polar surface area (TPSA) is 65.2 Å². The molecule has 0 bridgehead atoms. The second-order valence-corrected chi connectivity index (χ2v) is 6.65. The highest BCUT2D eigenvalue weighted by Gasteiger charge is 2.13. The van der Waals surface area contributed by atoms with E-state index in [0.717, 1.165) is 25.8 Å². The van der Waals surface area contributed by atoms with Gasteiger partial charge in [-0.05, 0) is 36.4 Å². The fourth-order valence-electron chi connectivity index (χ4n) is 2.07. The van der Waals surface area contributed by atoms with E-state index in [1.165, 1.54) is 11.3 Å². The molecule has 0 atom stereocenters. The van der Waals surface area contributed by atoms with E-state index in [2.05, 4.69) is 36.2 Å². The van der Waals surface area contributed by atoms with E-state index in [4.69, 9.17) is 4.74 Å². The molecule has 0 spiro atoms. The lowest BCUT2D eigenvalue weighted by Crippen LogP contribution is -1.97. The van der Waals surface area contributed by atoms with Gasteiger partial charge in [0.2, 0.25) is 4.96 Å². The number of hydrogen-bond donors (Lipinski definition) is 0. The average molecular weight is 388 g/mol. The molecule has 0 amide bonds. The molecule has 0 radical (unpaired) electrons. The molecule has 3 aromatic heterocycles. The number of rotatable bonds is 4. The Kier molecular flexibility index (Phi) is 3.76. The lowest BCUT2D eigenvalue weighted by Gasteiger charge is -2.03. The third kappa shape index (κ3) is 2.95. The predicted octanol–water partition coefficient (Wildman–Crippen LogP) is 3.59. The van der Waals surface area contributed by atoms with Crippen molar-refractivity contribution in [2.45, 2.75) is 6.61 Å². The molecule has 23 heavy (non-hydrogen) atoms. The number of halogens is 1. The van der Waals surface area contributed by atoms with Gasteiger partial charge in [0.25, 0.3) is 0 Å². The molecule has 1 aromatic carbocycles. The molecule has 0 aliphatic carbocycles. The summed E-state index contributed by atoms with van der Waals surface area (Å²) < 4.78 is 8.49. The molecule has 0 fully saturated rings. The number of fused-ring (bicyclic) bond motifs is 1. The van der Waals surface area contributed by atoms with E-state index in [9.17, 15) is 0 Å². The smallest absolute Gasteiger partial charge is 0.235 e. The zero-order valence-corrected chi connectivity index (χ0v) is 14.2. The number of hydrogen-bond acceptors (Lipinski definition) is 6. The van der Waals surface area contributed by atoms with Crippen LogP contribution in [0.1, 0.15) is 5.01 Å². The summed E-state index contributed by atoms with van der Waals surface area (Å²) in [6.45, 7) is 0.391. The second-order valence-electron chi connectivity index (χ2n) is 4.70. The van der Waals surface area contributed by atoms with E-state index in [1.54, 1.807) is 16.9 Å². The molecule has 0 unspecified atom stereocenters. The van der Waals surface area contributed by atoms with Crippen LogP contribution in [0.5, 0.6) is 5.75 Å². The van der Waals surface area contributed by atoms with E-state index >= 15 is 0 Å². The van der Waals surface area contributed by atoms with E-state index in [1.807, 2.05) is 36.4 Å². The fraction of sp³-hybridized carbons (Fsp3) is 0.0667. The van der Waals surface area contributed by atoms with Crippen LogP contribution in [-0.4, -0.2) is 24.8 Å². The molecule has 6 nitrogen and oxygen atoms in total. The van der Waals surface area contributed by atoms with Gasteiger partial charge in [0.05, 0.1) is 0 Å². The van der Waals surface area contributed by atoms with Gasteiger partial charge in [0.15, 0.2) is 10.8 Å². The highest BCUT2D eigenvalue weighted by molar-refractivity contribution is 9.10. The average Bonchev–Trinajstić information content (AvgIpc) is 3.15. The Labute approximate surface area is 143 Å². The number of ether oxygens (including phenoxy) is 1. The lowest BCUT2D eigenvalue weighted by molar-refractivity contribution is 0.304. The van der Waals surface area contributed by atoms with Gasteiger partial charge in [-0.3, -0.25) is 4.98 Å². The summed E-state index contributed by atoms with van der Waals surface area (Å²) in [5, 5.41) is 13.7. The van der Waals surface area contributed by atoms with Gasteiger partial charge < -0.3 is 4.74 Å². The zero-order chi connectivity index (χ0) is 15.6. The van der Waals surface area contributed by atoms with Crippen LogP contribution in [0.15, 0.2) is 53.3 Å².